The number of nitrogens with zero attached hydrogens (tertiary/aromatic N) is 4. The third-order valence-corrected chi connectivity index (χ3v) is 12.5. The van der Waals surface area contributed by atoms with Crippen molar-refractivity contribution in [3.63, 3.8) is 0 Å². The van der Waals surface area contributed by atoms with Crippen molar-refractivity contribution in [1.29, 1.82) is 0 Å². The number of carboxylic acids is 1. The molecular weight excluding hydrogens is 751 g/mol. The zero-order valence-corrected chi connectivity index (χ0v) is 31.8. The molecular formula is C41H39N7O6S2. The summed E-state index contributed by atoms with van der Waals surface area (Å²) in [6, 6.07) is 27.7. The molecule has 3 fully saturated rings. The Morgan fingerprint density at radius 3 is 2.12 bits per heavy atom. The SMILES string of the molecule is Nc1nc(C(=NOC(c2ccccc2)(c2ccccc2)c2ccccc2)C(=O)N[C@@H]2C(=O)N3C(C(=O)O)=C(C=C4CCN(C5CCNCC5)C4=O)CS[C@H]23)cs1. The van der Waals surface area contributed by atoms with E-state index in [-0.39, 0.29) is 39.9 Å². The van der Waals surface area contributed by atoms with E-state index in [9.17, 15) is 24.3 Å². The standard InChI is InChI=1S/C41H39N7O6S2/c42-40-44-31(24-56-40)32(46-54-41(27-10-4-1-5-11-27,28-12-6-2-7-13-28)29-14-8-3-9-15-29)35(49)45-33-37(51)48-34(39(52)53)26(23-55-38(33)48)22-25-18-21-47(36(25)50)30-16-19-43-20-17-30/h1-15,22,24,30,33,38,43H,16-21,23H2,(H2,42,44)(H,45,49)(H,52,53)/t33-,38-/m1/s1. The molecule has 5 heterocycles. The number of β-lactam (4-membered cyclic amide) rings is 1. The number of aromatic nitrogens is 1. The molecule has 3 aromatic carbocycles. The number of nitrogens with two attached hydrogens (primary N) is 1. The number of nitrogen functional groups attached to an aromatic ring is 1. The van der Waals surface area contributed by atoms with Crippen LogP contribution in [-0.4, -0.2) is 92.1 Å². The Morgan fingerprint density at radius 2 is 1.57 bits per heavy atom. The van der Waals surface area contributed by atoms with Gasteiger partial charge in [-0.25, -0.2) is 9.78 Å². The maximum Gasteiger partial charge on any atom is 0.352 e. The van der Waals surface area contributed by atoms with Crippen molar-refractivity contribution in [2.24, 2.45) is 5.16 Å². The normalized spacial score (nSPS) is 21.2. The van der Waals surface area contributed by atoms with Gasteiger partial charge in [0.05, 0.1) is 0 Å². The molecule has 5 N–H and O–H groups in total. The average Bonchev–Trinajstić information content (AvgIpc) is 3.83. The number of benzene rings is 3. The number of carbonyl (C=O) groups is 4. The predicted molar refractivity (Wildman–Crippen MR) is 213 cm³/mol. The number of thiazole rings is 1. The first-order valence-electron chi connectivity index (χ1n) is 18.3. The fourth-order valence-corrected chi connectivity index (χ4v) is 9.65. The number of nitrogens with one attached hydrogen (secondary N) is 2. The smallest absolute Gasteiger partial charge is 0.352 e. The van der Waals surface area contributed by atoms with Gasteiger partial charge in [-0.1, -0.05) is 96.2 Å². The fourth-order valence-electron chi connectivity index (χ4n) is 7.80. The van der Waals surface area contributed by atoms with Crippen molar-refractivity contribution in [3.05, 3.63) is 142 Å². The Labute approximate surface area is 331 Å². The summed E-state index contributed by atoms with van der Waals surface area (Å²) in [6.45, 7) is 2.28. The summed E-state index contributed by atoms with van der Waals surface area (Å²) in [4.78, 5) is 68.1. The van der Waals surface area contributed by atoms with Gasteiger partial charge in [0.2, 0.25) is 11.5 Å². The molecule has 13 nitrogen and oxygen atoms in total. The lowest BCUT2D eigenvalue weighted by molar-refractivity contribution is -0.150. The summed E-state index contributed by atoms with van der Waals surface area (Å²) >= 11 is 2.44. The predicted octanol–water partition coefficient (Wildman–Crippen LogP) is 4.09. The third kappa shape index (κ3) is 6.86. The average molecular weight is 790 g/mol. The summed E-state index contributed by atoms with van der Waals surface area (Å²) in [5.74, 6) is -2.49. The molecule has 56 heavy (non-hydrogen) atoms. The maximum absolute atomic E-state index is 14.2. The van der Waals surface area contributed by atoms with Gasteiger partial charge < -0.3 is 31.2 Å². The molecule has 0 unspecified atom stereocenters. The van der Waals surface area contributed by atoms with E-state index in [1.54, 1.807) is 11.5 Å². The van der Waals surface area contributed by atoms with Gasteiger partial charge in [-0.15, -0.1) is 23.1 Å². The minimum absolute atomic E-state index is 0.0890. The van der Waals surface area contributed by atoms with E-state index in [2.05, 4.69) is 20.8 Å². The van der Waals surface area contributed by atoms with Crippen molar-refractivity contribution in [3.8, 4) is 0 Å². The van der Waals surface area contributed by atoms with E-state index in [4.69, 9.17) is 10.6 Å². The van der Waals surface area contributed by atoms with Crippen LogP contribution in [0.5, 0.6) is 0 Å². The van der Waals surface area contributed by atoms with Gasteiger partial charge in [0.15, 0.2) is 10.8 Å². The third-order valence-electron chi connectivity index (χ3n) is 10.5. The molecule has 4 aliphatic rings. The second-order valence-corrected chi connectivity index (χ2v) is 15.8. The minimum atomic E-state index is -1.31. The number of hydrogen-bond donors (Lipinski definition) is 4. The molecule has 0 spiro atoms. The number of likely N-dealkylation sites (tertiary alicyclic amines) is 1. The number of hydrogen-bond acceptors (Lipinski definition) is 11. The Bertz CT molecular complexity index is 2140. The van der Waals surface area contributed by atoms with Gasteiger partial charge in [-0.2, -0.15) is 0 Å². The molecule has 3 amide bonds. The summed E-state index contributed by atoms with van der Waals surface area (Å²) in [6.07, 6.45) is 3.89. The second-order valence-electron chi connectivity index (χ2n) is 13.8. The van der Waals surface area contributed by atoms with Crippen LogP contribution >= 0.6 is 23.1 Å². The lowest BCUT2D eigenvalue weighted by Crippen LogP contribution is -2.71. The number of amides is 3. The summed E-state index contributed by atoms with van der Waals surface area (Å²) in [5.41, 5.74) is 7.62. The van der Waals surface area contributed by atoms with E-state index >= 15 is 0 Å². The number of allylic oxidation sites excluding steroid dienone is 1. The zero-order valence-electron chi connectivity index (χ0n) is 30.2. The van der Waals surface area contributed by atoms with Gasteiger partial charge in [-0.3, -0.25) is 19.3 Å². The molecule has 15 heteroatoms. The number of rotatable bonds is 11. The number of piperidine rings is 1. The summed E-state index contributed by atoms with van der Waals surface area (Å²) in [5, 5.41) is 22.1. The largest absolute Gasteiger partial charge is 0.477 e. The lowest BCUT2D eigenvalue weighted by Gasteiger charge is -2.49. The molecule has 8 rings (SSSR count). The first kappa shape index (κ1) is 37.2. The van der Waals surface area contributed by atoms with Crippen molar-refractivity contribution in [2.45, 2.75) is 42.3 Å². The Kier molecular flexibility index (Phi) is 10.5. The number of carbonyl (C=O) groups excluding carboxylic acids is 3. The van der Waals surface area contributed by atoms with Crippen molar-refractivity contribution in [1.82, 2.24) is 25.4 Å². The van der Waals surface area contributed by atoms with Gasteiger partial charge in [0.1, 0.15) is 22.8 Å². The molecule has 1 aromatic heterocycles. The van der Waals surface area contributed by atoms with E-state index in [1.807, 2.05) is 95.9 Å². The van der Waals surface area contributed by atoms with Gasteiger partial charge in [0, 0.05) is 46.0 Å². The Morgan fingerprint density at radius 1 is 0.964 bits per heavy atom. The molecule has 3 saturated heterocycles. The van der Waals surface area contributed by atoms with Crippen LogP contribution in [0.2, 0.25) is 0 Å². The minimum Gasteiger partial charge on any atom is -0.477 e. The summed E-state index contributed by atoms with van der Waals surface area (Å²) in [7, 11) is 0. The highest BCUT2D eigenvalue weighted by molar-refractivity contribution is 8.00. The van der Waals surface area contributed by atoms with Gasteiger partial charge >= 0.3 is 5.97 Å². The lowest BCUT2D eigenvalue weighted by atomic mass is 9.80. The number of oxime groups is 1. The van der Waals surface area contributed by atoms with E-state index in [0.29, 0.717) is 24.1 Å². The monoisotopic (exact) mass is 789 g/mol. The van der Waals surface area contributed by atoms with E-state index in [0.717, 1.165) is 54.0 Å². The van der Waals surface area contributed by atoms with Crippen LogP contribution in [0.25, 0.3) is 0 Å². The van der Waals surface area contributed by atoms with E-state index in [1.165, 1.54) is 16.7 Å². The molecule has 0 radical (unpaired) electrons. The molecule has 4 aromatic rings. The first-order chi connectivity index (χ1) is 27.3. The second kappa shape index (κ2) is 15.8. The molecule has 4 aliphatic heterocycles. The molecule has 286 valence electrons. The van der Waals surface area contributed by atoms with Crippen LogP contribution in [0.3, 0.4) is 0 Å². The molecule has 0 bridgehead atoms. The maximum atomic E-state index is 14.2. The molecule has 0 saturated carbocycles. The highest BCUT2D eigenvalue weighted by Gasteiger charge is 2.54. The molecule has 2 atom stereocenters. The van der Waals surface area contributed by atoms with Crippen LogP contribution in [0.4, 0.5) is 5.13 Å². The number of anilines is 1. The Hall–Kier alpha value is -5.77. The quantitative estimate of drug-likeness (QED) is 0.0569. The van der Waals surface area contributed by atoms with Crippen molar-refractivity contribution >= 4 is 57.6 Å². The van der Waals surface area contributed by atoms with Gasteiger partial charge in [0.25, 0.3) is 11.8 Å². The first-order valence-corrected chi connectivity index (χ1v) is 20.3. The zero-order chi connectivity index (χ0) is 38.8. The van der Waals surface area contributed by atoms with Crippen LogP contribution in [0.1, 0.15) is 41.6 Å². The van der Waals surface area contributed by atoms with Crippen molar-refractivity contribution < 1.29 is 29.1 Å². The van der Waals surface area contributed by atoms with Gasteiger partial charge in [-0.05, 0) is 44.0 Å². The number of fused-ring (bicyclic) bond motifs is 1. The van der Waals surface area contributed by atoms with Crippen LogP contribution in [-0.2, 0) is 29.6 Å². The number of aliphatic carboxylic acids is 1. The van der Waals surface area contributed by atoms with Crippen LogP contribution in [0, 0.1) is 0 Å². The van der Waals surface area contributed by atoms with E-state index < -0.39 is 34.8 Å². The topological polar surface area (TPSA) is 180 Å². The van der Waals surface area contributed by atoms with Crippen molar-refractivity contribution in [2.75, 3.05) is 31.1 Å². The van der Waals surface area contributed by atoms with Crippen LogP contribution < -0.4 is 16.4 Å². The van der Waals surface area contributed by atoms with Crippen LogP contribution in [0.15, 0.2) is 124 Å². The fraction of sp³-hybridized carbons (Fsp3) is 0.268. The molecule has 0 aliphatic carbocycles. The highest BCUT2D eigenvalue weighted by Crippen LogP contribution is 2.43. The Balaban J connectivity index is 1.09. The highest BCUT2D eigenvalue weighted by atomic mass is 32.2. The number of carboxylic acid groups (broad SMARTS) is 1. The summed E-state index contributed by atoms with van der Waals surface area (Å²) < 4.78 is 0. The number of thioether (sulfide) groups is 1.